The molecule has 41 heavy (non-hydrogen) atoms. The molecule has 1 aliphatic carbocycles. The van der Waals surface area contributed by atoms with Crippen LogP contribution in [0.1, 0.15) is 59.1 Å². The summed E-state index contributed by atoms with van der Waals surface area (Å²) in [5.74, 6) is -0.133. The molecule has 0 bridgehead atoms. The summed E-state index contributed by atoms with van der Waals surface area (Å²) >= 11 is 0. The third-order valence-corrected chi connectivity index (χ3v) is 7.74. The molecule has 0 unspecified atom stereocenters. The molecule has 2 aliphatic rings. The molecule has 2 aromatic heterocycles. The molecule has 7 nitrogen and oxygen atoms in total. The number of para-hydroxylation sites is 1. The van der Waals surface area contributed by atoms with Gasteiger partial charge in [0, 0.05) is 46.9 Å². The molecule has 2 aromatic carbocycles. The molecule has 1 N–H and O–H groups in total. The molecule has 212 valence electrons. The highest BCUT2D eigenvalue weighted by Gasteiger charge is 2.35. The van der Waals surface area contributed by atoms with Gasteiger partial charge < -0.3 is 19.3 Å². The largest absolute Gasteiger partial charge is 0.573 e. The molecule has 0 radical (unpaired) electrons. The Balaban J connectivity index is 1.20. The average Bonchev–Trinajstić information content (AvgIpc) is 3.70. The summed E-state index contributed by atoms with van der Waals surface area (Å²) in [7, 11) is 0. The molecule has 1 saturated carbocycles. The third kappa shape index (κ3) is 5.77. The maximum atomic E-state index is 13.1. The minimum absolute atomic E-state index is 0.0348. The van der Waals surface area contributed by atoms with E-state index in [4.69, 9.17) is 4.52 Å². The van der Waals surface area contributed by atoms with Crippen molar-refractivity contribution in [3.63, 3.8) is 0 Å². The van der Waals surface area contributed by atoms with Gasteiger partial charge in [0.25, 0.3) is 0 Å². The van der Waals surface area contributed by atoms with Crippen LogP contribution < -0.4 is 9.64 Å². The van der Waals surface area contributed by atoms with Crippen LogP contribution in [0.25, 0.3) is 28.1 Å². The van der Waals surface area contributed by atoms with Gasteiger partial charge in [0.2, 0.25) is 0 Å². The molecule has 4 aromatic rings. The molecule has 0 atom stereocenters. The zero-order valence-corrected chi connectivity index (χ0v) is 22.3. The van der Waals surface area contributed by atoms with E-state index in [2.05, 4.69) is 31.9 Å². The first-order chi connectivity index (χ1) is 19.7. The normalized spacial score (nSPS) is 16.5. The van der Waals surface area contributed by atoms with Gasteiger partial charge >= 0.3 is 12.3 Å². The number of carboxylic acids is 1. The smallest absolute Gasteiger partial charge is 0.477 e. The van der Waals surface area contributed by atoms with Gasteiger partial charge in [-0.25, -0.2) is 9.78 Å². The van der Waals surface area contributed by atoms with Crippen molar-refractivity contribution in [1.29, 1.82) is 0 Å². The summed E-state index contributed by atoms with van der Waals surface area (Å²) in [5.41, 5.74) is 3.08. The van der Waals surface area contributed by atoms with Crippen molar-refractivity contribution in [3.8, 4) is 17.0 Å². The number of ether oxygens (including phenoxy) is 1. The Labute approximate surface area is 234 Å². The number of carboxylic acid groups (broad SMARTS) is 1. The highest BCUT2D eigenvalue weighted by molar-refractivity contribution is 5.94. The molecule has 10 heteroatoms. The Morgan fingerprint density at radius 1 is 1.10 bits per heavy atom. The minimum Gasteiger partial charge on any atom is -0.477 e. The summed E-state index contributed by atoms with van der Waals surface area (Å²) in [5, 5.41) is 15.2. The lowest BCUT2D eigenvalue weighted by Crippen LogP contribution is -2.33. The number of aromatic nitrogens is 2. The van der Waals surface area contributed by atoms with Gasteiger partial charge in [-0.3, -0.25) is 0 Å². The van der Waals surface area contributed by atoms with Crippen LogP contribution in [-0.4, -0.2) is 40.7 Å². The molecule has 0 amide bonds. The van der Waals surface area contributed by atoms with Gasteiger partial charge in [0.15, 0.2) is 0 Å². The first-order valence-electron chi connectivity index (χ1n) is 13.6. The van der Waals surface area contributed by atoms with E-state index >= 15 is 0 Å². The molecule has 0 spiro atoms. The zero-order valence-electron chi connectivity index (χ0n) is 22.3. The lowest BCUT2D eigenvalue weighted by molar-refractivity contribution is -0.274. The number of allylic oxidation sites excluding steroid dienone is 1. The monoisotopic (exact) mass is 563 g/mol. The Hall–Kier alpha value is -4.34. The quantitative estimate of drug-likeness (QED) is 0.248. The van der Waals surface area contributed by atoms with Crippen molar-refractivity contribution in [1.82, 2.24) is 10.1 Å². The van der Waals surface area contributed by atoms with E-state index in [1.165, 1.54) is 12.1 Å². The van der Waals surface area contributed by atoms with Gasteiger partial charge in [-0.2, -0.15) is 0 Å². The summed E-state index contributed by atoms with van der Waals surface area (Å²) in [6.07, 6.45) is 2.99. The Morgan fingerprint density at radius 3 is 2.56 bits per heavy atom. The second kappa shape index (κ2) is 10.6. The fourth-order valence-electron chi connectivity index (χ4n) is 5.47. The van der Waals surface area contributed by atoms with E-state index in [-0.39, 0.29) is 28.8 Å². The number of benzene rings is 2. The maximum Gasteiger partial charge on any atom is 0.573 e. The minimum atomic E-state index is -4.81. The number of aromatic carboxylic acids is 1. The van der Waals surface area contributed by atoms with Crippen LogP contribution in [-0.2, 0) is 0 Å². The van der Waals surface area contributed by atoms with Gasteiger partial charge in [-0.05, 0) is 74.2 Å². The van der Waals surface area contributed by atoms with Crippen LogP contribution in [0, 0.1) is 12.8 Å². The SMILES string of the molecule is Cc1nc(C(=O)O)cc2ccc(N3CCC(C=Cc4c(-c5ccccc5OC(F)(F)F)noc4C4CC4)CC3)cc12. The molecule has 1 saturated heterocycles. The predicted octanol–water partition coefficient (Wildman–Crippen LogP) is 7.60. The highest BCUT2D eigenvalue weighted by atomic mass is 19.4. The Morgan fingerprint density at radius 2 is 1.85 bits per heavy atom. The number of nitrogens with zero attached hydrogens (tertiary/aromatic N) is 3. The number of alkyl halides is 3. The second-order valence-corrected chi connectivity index (χ2v) is 10.6. The molecule has 3 heterocycles. The first-order valence-corrected chi connectivity index (χ1v) is 13.6. The average molecular weight is 564 g/mol. The van der Waals surface area contributed by atoms with Gasteiger partial charge in [0.05, 0.1) is 0 Å². The number of halogens is 3. The maximum absolute atomic E-state index is 13.1. The van der Waals surface area contributed by atoms with E-state index in [1.807, 2.05) is 25.1 Å². The van der Waals surface area contributed by atoms with E-state index in [9.17, 15) is 23.1 Å². The predicted molar refractivity (Wildman–Crippen MR) is 148 cm³/mol. The van der Waals surface area contributed by atoms with Crippen molar-refractivity contribution >= 4 is 28.5 Å². The Bertz CT molecular complexity index is 1630. The summed E-state index contributed by atoms with van der Waals surface area (Å²) in [4.78, 5) is 17.9. The summed E-state index contributed by atoms with van der Waals surface area (Å²) < 4.78 is 49.1. The lowest BCUT2D eigenvalue weighted by Gasteiger charge is -2.32. The fraction of sp³-hybridized carbons (Fsp3) is 0.323. The number of fused-ring (bicyclic) bond motifs is 1. The number of piperidine rings is 1. The van der Waals surface area contributed by atoms with E-state index in [1.54, 1.807) is 18.2 Å². The van der Waals surface area contributed by atoms with Crippen LogP contribution in [0.15, 0.2) is 59.1 Å². The number of aryl methyl sites for hydroxylation is 1. The lowest BCUT2D eigenvalue weighted by atomic mass is 9.94. The molecule has 2 fully saturated rings. The topological polar surface area (TPSA) is 88.7 Å². The molecular weight excluding hydrogens is 535 g/mol. The highest BCUT2D eigenvalue weighted by Crippen LogP contribution is 2.46. The van der Waals surface area contributed by atoms with Crippen LogP contribution >= 0.6 is 0 Å². The second-order valence-electron chi connectivity index (χ2n) is 10.6. The number of carbonyl (C=O) groups is 1. The standard InChI is InChI=1S/C31H28F3N3O4/c1-18-25-17-22(10-9-21(25)16-26(35-18)30(38)39)37-14-12-19(13-15-37)6-11-24-28(36-41-29(24)20-7-8-20)23-4-2-3-5-27(23)40-31(32,33)34/h2-6,9-11,16-17,19-20H,7-8,12-15H2,1H3,(H,38,39). The van der Waals surface area contributed by atoms with Gasteiger partial charge in [0.1, 0.15) is 22.9 Å². The van der Waals surface area contributed by atoms with E-state index in [0.717, 1.165) is 55.2 Å². The number of hydrogen-bond acceptors (Lipinski definition) is 6. The molecular formula is C31H28F3N3O4. The van der Waals surface area contributed by atoms with Crippen molar-refractivity contribution in [2.24, 2.45) is 5.92 Å². The van der Waals surface area contributed by atoms with Crippen molar-refractivity contribution < 1.29 is 32.3 Å². The molecule has 1 aliphatic heterocycles. The summed E-state index contributed by atoms with van der Waals surface area (Å²) in [6, 6.07) is 13.6. The Kier molecular flexibility index (Phi) is 6.93. The zero-order chi connectivity index (χ0) is 28.7. The number of rotatable bonds is 7. The van der Waals surface area contributed by atoms with Crippen LogP contribution in [0.2, 0.25) is 0 Å². The van der Waals surface area contributed by atoms with E-state index in [0.29, 0.717) is 22.7 Å². The summed E-state index contributed by atoms with van der Waals surface area (Å²) in [6.45, 7) is 3.47. The van der Waals surface area contributed by atoms with Gasteiger partial charge in [-0.15, -0.1) is 13.2 Å². The van der Waals surface area contributed by atoms with Gasteiger partial charge in [-0.1, -0.05) is 35.5 Å². The van der Waals surface area contributed by atoms with E-state index < -0.39 is 12.3 Å². The number of hydrogen-bond donors (Lipinski definition) is 1. The van der Waals surface area contributed by atoms with Crippen LogP contribution in [0.4, 0.5) is 18.9 Å². The van der Waals surface area contributed by atoms with Crippen LogP contribution in [0.5, 0.6) is 5.75 Å². The number of anilines is 1. The third-order valence-electron chi connectivity index (χ3n) is 7.74. The first kappa shape index (κ1) is 26.9. The fourth-order valence-corrected chi connectivity index (χ4v) is 5.47. The number of pyridine rings is 1. The van der Waals surface area contributed by atoms with Crippen molar-refractivity contribution in [2.45, 2.75) is 44.9 Å². The van der Waals surface area contributed by atoms with Crippen molar-refractivity contribution in [3.05, 3.63) is 77.3 Å². The van der Waals surface area contributed by atoms with Crippen molar-refractivity contribution in [2.75, 3.05) is 18.0 Å². The van der Waals surface area contributed by atoms with Crippen LogP contribution in [0.3, 0.4) is 0 Å². The molecule has 6 rings (SSSR count).